The fourth-order valence-electron chi connectivity index (χ4n) is 3.40. The van der Waals surface area contributed by atoms with Gasteiger partial charge in [0.15, 0.2) is 12.0 Å². The van der Waals surface area contributed by atoms with Gasteiger partial charge in [-0.25, -0.2) is 4.79 Å². The summed E-state index contributed by atoms with van der Waals surface area (Å²) < 4.78 is 55.7. The van der Waals surface area contributed by atoms with Gasteiger partial charge in [-0.05, 0) is 13.8 Å². The Balaban J connectivity index is 1.93. The van der Waals surface area contributed by atoms with Crippen LogP contribution in [-0.2, 0) is 25.5 Å². The van der Waals surface area contributed by atoms with E-state index < -0.39 is 66.8 Å². The van der Waals surface area contributed by atoms with Gasteiger partial charge in [-0.2, -0.15) is 13.2 Å². The van der Waals surface area contributed by atoms with Crippen LogP contribution in [-0.4, -0.2) is 69.4 Å². The van der Waals surface area contributed by atoms with Crippen molar-refractivity contribution in [2.45, 2.75) is 56.9 Å². The molecule has 0 spiro atoms. The van der Waals surface area contributed by atoms with E-state index in [1.165, 1.54) is 0 Å². The topological polar surface area (TPSA) is 123 Å². The Hall–Kier alpha value is -2.22. The van der Waals surface area contributed by atoms with Gasteiger partial charge in [0, 0.05) is 13.2 Å². The van der Waals surface area contributed by atoms with Crippen LogP contribution in [0, 0.1) is 0 Å². The van der Waals surface area contributed by atoms with Crippen molar-refractivity contribution in [3.63, 3.8) is 0 Å². The summed E-state index contributed by atoms with van der Waals surface area (Å²) in [5, 5.41) is 9.52. The predicted molar refractivity (Wildman–Crippen MR) is 88.7 cm³/mol. The molecule has 29 heavy (non-hydrogen) atoms. The number of carbonyl (C=O) groups is 1. The molecular formula is C16H20F3N3O7. The zero-order valence-electron chi connectivity index (χ0n) is 15.7. The van der Waals surface area contributed by atoms with Crippen LogP contribution in [0.2, 0.25) is 0 Å². The second-order valence-electron chi connectivity index (χ2n) is 7.29. The third-order valence-electron chi connectivity index (χ3n) is 4.62. The molecule has 2 N–H and O–H groups in total. The van der Waals surface area contributed by atoms with E-state index in [-0.39, 0.29) is 5.56 Å². The summed E-state index contributed by atoms with van der Waals surface area (Å²) in [5.74, 6) is -3.15. The smallest absolute Gasteiger partial charge is 0.394 e. The number of nitrogens with one attached hydrogen (secondary N) is 1. The molecule has 0 radical (unpaired) electrons. The van der Waals surface area contributed by atoms with E-state index >= 15 is 0 Å². The van der Waals surface area contributed by atoms with Crippen LogP contribution < -0.4 is 11.2 Å². The number of amides is 1. The average Bonchev–Trinajstić information content (AvgIpc) is 3.08. The molecule has 13 heteroatoms. The van der Waals surface area contributed by atoms with Crippen LogP contribution in [0.5, 0.6) is 0 Å². The van der Waals surface area contributed by atoms with Crippen molar-refractivity contribution >= 4 is 5.91 Å². The van der Waals surface area contributed by atoms with E-state index in [9.17, 15) is 32.7 Å². The molecule has 2 unspecified atom stereocenters. The predicted octanol–water partition coefficient (Wildman–Crippen LogP) is -0.533. The van der Waals surface area contributed by atoms with Gasteiger partial charge in [0.2, 0.25) is 0 Å². The third-order valence-corrected chi connectivity index (χ3v) is 4.62. The van der Waals surface area contributed by atoms with Gasteiger partial charge in [-0.15, -0.1) is 0 Å². The molecule has 0 saturated carbocycles. The first-order valence-corrected chi connectivity index (χ1v) is 8.62. The van der Waals surface area contributed by atoms with Crippen molar-refractivity contribution in [3.05, 3.63) is 32.6 Å². The zero-order valence-corrected chi connectivity index (χ0v) is 15.7. The normalized spacial score (nSPS) is 28.4. The monoisotopic (exact) mass is 423 g/mol. The van der Waals surface area contributed by atoms with Gasteiger partial charge in [0.25, 0.3) is 5.56 Å². The van der Waals surface area contributed by atoms with Gasteiger partial charge < -0.3 is 24.2 Å². The zero-order chi connectivity index (χ0) is 21.7. The first-order chi connectivity index (χ1) is 13.3. The molecule has 162 valence electrons. The molecule has 3 heterocycles. The molecule has 2 aliphatic rings. The SMILES string of the molecule is CN(Cc1cn([C@@H]2O[C@H](CO)C3OC(C)(C)OC32)c(=O)[nH]c1=O)C(=O)C(F)(F)F. The Morgan fingerprint density at radius 1 is 1.31 bits per heavy atom. The minimum absolute atomic E-state index is 0.268. The average molecular weight is 423 g/mol. The summed E-state index contributed by atoms with van der Waals surface area (Å²) in [7, 11) is 0.880. The van der Waals surface area contributed by atoms with Crippen molar-refractivity contribution in [1.29, 1.82) is 0 Å². The van der Waals surface area contributed by atoms with Crippen molar-refractivity contribution in [3.8, 4) is 0 Å². The number of aromatic amines is 1. The van der Waals surface area contributed by atoms with Gasteiger partial charge in [-0.3, -0.25) is 19.1 Å². The molecule has 10 nitrogen and oxygen atoms in total. The number of aliphatic hydroxyl groups excluding tert-OH is 1. The summed E-state index contributed by atoms with van der Waals surface area (Å²) in [6.45, 7) is 2.15. The lowest BCUT2D eigenvalue weighted by Crippen LogP contribution is -2.42. The quantitative estimate of drug-likeness (QED) is 0.667. The number of hydrogen-bond donors (Lipinski definition) is 2. The van der Waals surface area contributed by atoms with Crippen molar-refractivity contribution in [1.82, 2.24) is 14.5 Å². The van der Waals surface area contributed by atoms with E-state index in [1.807, 2.05) is 4.98 Å². The number of aliphatic hydroxyl groups is 1. The van der Waals surface area contributed by atoms with Crippen LogP contribution in [0.15, 0.2) is 15.8 Å². The molecule has 1 aromatic rings. The number of H-pyrrole nitrogens is 1. The maximum absolute atomic E-state index is 12.6. The Bertz CT molecular complexity index is 910. The van der Waals surface area contributed by atoms with E-state index in [0.29, 0.717) is 4.90 Å². The maximum atomic E-state index is 12.6. The minimum Gasteiger partial charge on any atom is -0.394 e. The molecule has 0 bridgehead atoms. The highest BCUT2D eigenvalue weighted by Gasteiger charge is 2.56. The Morgan fingerprint density at radius 2 is 1.93 bits per heavy atom. The third kappa shape index (κ3) is 4.08. The molecular weight excluding hydrogens is 403 g/mol. The summed E-state index contributed by atoms with van der Waals surface area (Å²) in [4.78, 5) is 38.0. The standard InChI is InChI=1S/C16H20F3N3O7/c1-15(2)28-9-8(6-23)27-12(10(9)29-15)22-5-7(11(24)20-14(22)26)4-21(3)13(25)16(17,18)19/h5,8-10,12,23H,4,6H2,1-3H3,(H,20,24,26)/t8-,9?,10?,12-/m1/s1. The second kappa shape index (κ2) is 7.23. The molecule has 0 aliphatic carbocycles. The number of hydrogen-bond acceptors (Lipinski definition) is 7. The van der Waals surface area contributed by atoms with Gasteiger partial charge in [-0.1, -0.05) is 0 Å². The van der Waals surface area contributed by atoms with Crippen molar-refractivity contribution in [2.24, 2.45) is 0 Å². The molecule has 2 aliphatic heterocycles. The lowest BCUT2D eigenvalue weighted by molar-refractivity contribution is -0.200. The molecule has 0 aromatic carbocycles. The van der Waals surface area contributed by atoms with E-state index in [2.05, 4.69) is 0 Å². The number of aromatic nitrogens is 2. The second-order valence-corrected chi connectivity index (χ2v) is 7.29. The van der Waals surface area contributed by atoms with Crippen molar-refractivity contribution < 1.29 is 37.3 Å². The number of alkyl halides is 3. The Labute approximate surface area is 161 Å². The Morgan fingerprint density at radius 3 is 2.52 bits per heavy atom. The largest absolute Gasteiger partial charge is 0.471 e. The van der Waals surface area contributed by atoms with Gasteiger partial charge in [0.1, 0.15) is 18.3 Å². The minimum atomic E-state index is -5.10. The van der Waals surface area contributed by atoms with Gasteiger partial charge in [0.05, 0.1) is 18.7 Å². The first kappa shape index (κ1) is 21.5. The first-order valence-electron chi connectivity index (χ1n) is 8.62. The number of fused-ring (bicyclic) bond motifs is 1. The highest BCUT2D eigenvalue weighted by atomic mass is 19.4. The molecule has 1 amide bonds. The van der Waals surface area contributed by atoms with Crippen LogP contribution in [0.3, 0.4) is 0 Å². The van der Waals surface area contributed by atoms with Crippen LogP contribution in [0.1, 0.15) is 25.6 Å². The fourth-order valence-corrected chi connectivity index (χ4v) is 3.40. The summed E-state index contributed by atoms with van der Waals surface area (Å²) in [5.41, 5.74) is -2.10. The van der Waals surface area contributed by atoms with Crippen molar-refractivity contribution in [2.75, 3.05) is 13.7 Å². The van der Waals surface area contributed by atoms with Gasteiger partial charge >= 0.3 is 17.8 Å². The summed E-state index contributed by atoms with van der Waals surface area (Å²) in [6, 6.07) is 0. The molecule has 4 atom stereocenters. The van der Waals surface area contributed by atoms with E-state index in [0.717, 1.165) is 17.8 Å². The molecule has 3 rings (SSSR count). The van der Waals surface area contributed by atoms with E-state index in [4.69, 9.17) is 14.2 Å². The number of halogens is 3. The summed E-state index contributed by atoms with van der Waals surface area (Å²) >= 11 is 0. The summed E-state index contributed by atoms with van der Waals surface area (Å²) in [6.07, 6.45) is -7.52. The number of carbonyl (C=O) groups excluding carboxylic acids is 1. The van der Waals surface area contributed by atoms with Crippen LogP contribution in [0.4, 0.5) is 13.2 Å². The fraction of sp³-hybridized carbons (Fsp3) is 0.688. The molecule has 1 aromatic heterocycles. The van der Waals surface area contributed by atoms with Crippen LogP contribution >= 0.6 is 0 Å². The number of ether oxygens (including phenoxy) is 3. The highest BCUT2D eigenvalue weighted by Crippen LogP contribution is 2.42. The highest BCUT2D eigenvalue weighted by molar-refractivity contribution is 5.81. The molecule has 2 saturated heterocycles. The Kier molecular flexibility index (Phi) is 5.36. The van der Waals surface area contributed by atoms with E-state index in [1.54, 1.807) is 13.8 Å². The van der Waals surface area contributed by atoms with Crippen LogP contribution in [0.25, 0.3) is 0 Å². The molecule has 2 fully saturated rings. The lowest BCUT2D eigenvalue weighted by atomic mass is 10.1. The maximum Gasteiger partial charge on any atom is 0.471 e. The lowest BCUT2D eigenvalue weighted by Gasteiger charge is -2.25. The number of nitrogens with zero attached hydrogens (tertiary/aromatic N) is 2. The number of rotatable bonds is 4.